The molecular weight excluding hydrogens is 603 g/mol. The van der Waals surface area contributed by atoms with Crippen LogP contribution in [0.1, 0.15) is 55.3 Å². The van der Waals surface area contributed by atoms with Crippen molar-refractivity contribution in [3.05, 3.63) is 102 Å². The second-order valence-electron chi connectivity index (χ2n) is 10.8. The summed E-state index contributed by atoms with van der Waals surface area (Å²) in [7, 11) is 0. The van der Waals surface area contributed by atoms with Crippen LogP contribution in [0.25, 0.3) is 22.3 Å². The first kappa shape index (κ1) is 36.0. The first-order valence-corrected chi connectivity index (χ1v) is 14.0. The van der Waals surface area contributed by atoms with E-state index >= 15 is 4.48 Å². The number of nitrogens with zero attached hydrogens (tertiary/aromatic N) is 2. The van der Waals surface area contributed by atoms with E-state index in [0.29, 0.717) is 22.4 Å². The topological polar surface area (TPSA) is 103 Å². The third-order valence-electron chi connectivity index (χ3n) is 7.19. The van der Waals surface area contributed by atoms with E-state index < -0.39 is 54.0 Å². The van der Waals surface area contributed by atoms with E-state index in [-0.39, 0.29) is 70.9 Å². The van der Waals surface area contributed by atoms with Gasteiger partial charge in [0.1, 0.15) is 23.1 Å². The Balaban J connectivity index is 0.00000552. The zero-order chi connectivity index (χ0) is 32.1. The number of hydrogen-bond acceptors (Lipinski definition) is 4. The van der Waals surface area contributed by atoms with E-state index in [1.54, 1.807) is 18.4 Å². The zero-order valence-corrected chi connectivity index (χ0v) is 24.1. The molecule has 1 heterocycles. The number of carbonyl (C=O) groups is 2. The van der Waals surface area contributed by atoms with Gasteiger partial charge in [0.05, 0.1) is 24.3 Å². The van der Waals surface area contributed by atoms with Gasteiger partial charge in [-0.1, -0.05) is 28.7 Å². The summed E-state index contributed by atoms with van der Waals surface area (Å²) in [6.07, 6.45) is -3.10. The number of benzene rings is 3. The van der Waals surface area contributed by atoms with Gasteiger partial charge in [-0.3, -0.25) is 9.59 Å². The number of aliphatic hydroxyl groups is 2. The molecule has 0 fully saturated rings. The van der Waals surface area contributed by atoms with Crippen molar-refractivity contribution in [3.63, 3.8) is 0 Å². The van der Waals surface area contributed by atoms with Crippen molar-refractivity contribution < 1.29 is 42.6 Å². The Morgan fingerprint density at radius 1 is 0.778 bits per heavy atom. The molecule has 1 aromatic heterocycles. The van der Waals surface area contributed by atoms with Crippen LogP contribution in [0.4, 0.5) is 23.3 Å². The third-order valence-corrected chi connectivity index (χ3v) is 7.19. The molecule has 234 valence electrons. The number of anilines is 1. The Kier molecular flexibility index (Phi) is 12.5. The van der Waals surface area contributed by atoms with Crippen LogP contribution in [0.5, 0.6) is 0 Å². The van der Waals surface area contributed by atoms with Crippen LogP contribution < -0.4 is 5.12 Å². The minimum absolute atomic E-state index is 0. The number of rotatable bonds is 12. The summed E-state index contributed by atoms with van der Waals surface area (Å²) in [5.41, 5.74) is 1.59. The first-order valence-electron chi connectivity index (χ1n) is 14.0. The van der Waals surface area contributed by atoms with Crippen molar-refractivity contribution in [3.8, 4) is 22.3 Å². The predicted molar refractivity (Wildman–Crippen MR) is 164 cm³/mol. The van der Waals surface area contributed by atoms with Gasteiger partial charge in [0.25, 0.3) is 0 Å². The van der Waals surface area contributed by atoms with Gasteiger partial charge in [-0.15, -0.1) is 5.12 Å². The van der Waals surface area contributed by atoms with Crippen molar-refractivity contribution in [2.75, 3.05) is 5.12 Å². The van der Waals surface area contributed by atoms with Crippen molar-refractivity contribution in [2.45, 2.75) is 57.8 Å². The molecule has 2 atom stereocenters. The fraction of sp³-hybridized carbons (Fsp3) is 0.273. The van der Waals surface area contributed by atoms with Gasteiger partial charge < -0.3 is 19.9 Å². The Bertz CT molecular complexity index is 1610. The molecule has 0 saturated carbocycles. The summed E-state index contributed by atoms with van der Waals surface area (Å²) in [4.78, 5) is 25.0. The summed E-state index contributed by atoms with van der Waals surface area (Å²) in [6.45, 7) is 3.52. The van der Waals surface area contributed by atoms with Gasteiger partial charge in [-0.25, -0.2) is 13.2 Å². The standard InChI is InChI=1S/C33H32F4N2O5.Na.H/c1-19(2)38-28(16-15-26(40)17-27(41)18-29(42)43)30(20-3-7-22(34)8-4-20)31(21-5-9-23(35)10-6-21)32(38)33(44)39(37)25-13-11-24(36)12-14-25;;/h3-14,19,26-27,40-41H,15-18H2,1-2H3,(H,42,43);;/t26-,27-;;/m1../s1. The number of aromatic nitrogens is 1. The third kappa shape index (κ3) is 8.62. The molecule has 0 unspecified atom stereocenters. The summed E-state index contributed by atoms with van der Waals surface area (Å²) < 4.78 is 59.0. The van der Waals surface area contributed by atoms with Gasteiger partial charge in [-0.2, -0.15) is 0 Å². The summed E-state index contributed by atoms with van der Waals surface area (Å²) in [6, 6.07) is 14.4. The molecule has 0 spiro atoms. The van der Waals surface area contributed by atoms with Gasteiger partial charge >= 0.3 is 41.4 Å². The molecule has 3 aromatic carbocycles. The molecular formula is C33H33F4N2NaO5. The molecule has 45 heavy (non-hydrogen) atoms. The molecule has 0 aliphatic rings. The monoisotopic (exact) mass is 636 g/mol. The average molecular weight is 637 g/mol. The fourth-order valence-corrected chi connectivity index (χ4v) is 5.29. The molecule has 0 bridgehead atoms. The van der Waals surface area contributed by atoms with E-state index in [1.165, 1.54) is 48.5 Å². The number of carboxylic acids is 1. The molecule has 4 aromatic rings. The molecule has 7 nitrogen and oxygen atoms in total. The van der Waals surface area contributed by atoms with E-state index in [0.717, 1.165) is 24.3 Å². The number of hydrogen-bond donors (Lipinski definition) is 3. The molecule has 3 N–H and O–H groups in total. The molecule has 1 amide bonds. The molecule has 0 radical (unpaired) electrons. The molecule has 4 rings (SSSR count). The van der Waals surface area contributed by atoms with Crippen molar-refractivity contribution >= 4 is 47.1 Å². The first-order chi connectivity index (χ1) is 20.9. The Labute approximate surface area is 280 Å². The van der Waals surface area contributed by atoms with Gasteiger partial charge in [0, 0.05) is 22.9 Å². The van der Waals surface area contributed by atoms with Crippen molar-refractivity contribution in [1.82, 2.24) is 4.57 Å². The van der Waals surface area contributed by atoms with Crippen LogP contribution >= 0.6 is 0 Å². The molecule has 0 saturated heterocycles. The van der Waals surface area contributed by atoms with Crippen LogP contribution in [-0.2, 0) is 11.2 Å². The van der Waals surface area contributed by atoms with Crippen LogP contribution in [-0.4, -0.2) is 73.5 Å². The van der Waals surface area contributed by atoms with Crippen LogP contribution in [0.3, 0.4) is 0 Å². The number of halogens is 4. The maximum absolute atomic E-state index is 15.8. The minimum atomic E-state index is -1.29. The summed E-state index contributed by atoms with van der Waals surface area (Å²) in [5, 5.41) is 29.6. The normalized spacial score (nSPS) is 12.5. The average Bonchev–Trinajstić information content (AvgIpc) is 3.31. The van der Waals surface area contributed by atoms with Crippen LogP contribution in [0.2, 0.25) is 0 Å². The zero-order valence-electron chi connectivity index (χ0n) is 24.1. The molecule has 0 aliphatic heterocycles. The molecule has 0 aliphatic carbocycles. The van der Waals surface area contributed by atoms with Crippen molar-refractivity contribution in [2.24, 2.45) is 0 Å². The van der Waals surface area contributed by atoms with Crippen LogP contribution in [0.15, 0.2) is 72.8 Å². The van der Waals surface area contributed by atoms with E-state index in [4.69, 9.17) is 5.11 Å². The number of amides is 1. The van der Waals surface area contributed by atoms with Gasteiger partial charge in [0.15, 0.2) is 0 Å². The number of aliphatic hydroxyl groups excluding tert-OH is 2. The number of aliphatic carboxylic acids is 1. The van der Waals surface area contributed by atoms with Crippen molar-refractivity contribution in [1.29, 1.82) is 0 Å². The summed E-state index contributed by atoms with van der Waals surface area (Å²) in [5.74, 6) is -4.01. The van der Waals surface area contributed by atoms with E-state index in [2.05, 4.69) is 0 Å². The Hall–Kier alpha value is -3.48. The predicted octanol–water partition coefficient (Wildman–Crippen LogP) is 6.22. The second-order valence-corrected chi connectivity index (χ2v) is 10.8. The van der Waals surface area contributed by atoms with E-state index in [1.807, 2.05) is 0 Å². The quantitative estimate of drug-likeness (QED) is 0.0974. The number of carboxylic acid groups (broad SMARTS) is 1. The SMILES string of the molecule is CC(C)n1c(CC[C@@H](O)C[C@@H](O)CC(=O)O)c(-c2ccc(F)cc2)c(-c2ccc(F)cc2)c1C(=O)N(F)c1ccc(F)cc1.[NaH]. The fourth-order valence-electron chi connectivity index (χ4n) is 5.29. The summed E-state index contributed by atoms with van der Waals surface area (Å²) >= 11 is 0. The van der Waals surface area contributed by atoms with E-state index in [9.17, 15) is 33.0 Å². The maximum atomic E-state index is 15.8. The van der Waals surface area contributed by atoms with Gasteiger partial charge in [-0.05, 0) is 92.8 Å². The Morgan fingerprint density at radius 3 is 1.71 bits per heavy atom. The number of carbonyl (C=O) groups excluding carboxylic acids is 1. The van der Waals surface area contributed by atoms with Crippen LogP contribution in [0, 0.1) is 17.5 Å². The Morgan fingerprint density at radius 2 is 1.24 bits per heavy atom. The molecule has 12 heteroatoms. The second kappa shape index (κ2) is 15.7. The van der Waals surface area contributed by atoms with Gasteiger partial charge in [0.2, 0.25) is 0 Å².